The Hall–Kier alpha value is -2.46. The summed E-state index contributed by atoms with van der Waals surface area (Å²) < 4.78 is 68.2. The van der Waals surface area contributed by atoms with Gasteiger partial charge >= 0.3 is 39.5 Å². The van der Waals surface area contributed by atoms with Crippen LogP contribution in [0.1, 0.15) is 343 Å². The fourth-order valence-corrected chi connectivity index (χ4v) is 11.9. The van der Waals surface area contributed by atoms with Crippen molar-refractivity contribution in [3.63, 3.8) is 0 Å². The van der Waals surface area contributed by atoms with E-state index in [4.69, 9.17) is 37.0 Å². The van der Waals surface area contributed by atoms with Crippen molar-refractivity contribution in [3.05, 3.63) is 24.3 Å². The third kappa shape index (κ3) is 64.3. The molecule has 0 amide bonds. The Kier molecular flexibility index (Phi) is 62.2. The lowest BCUT2D eigenvalue weighted by Gasteiger charge is -2.21. The van der Waals surface area contributed by atoms with Crippen LogP contribution in [0.5, 0.6) is 0 Å². The number of unbranched alkanes of at least 4 members (excludes halogenated alkanes) is 38. The van der Waals surface area contributed by atoms with E-state index in [0.29, 0.717) is 25.7 Å². The van der Waals surface area contributed by atoms with Crippen LogP contribution < -0.4 is 0 Å². The van der Waals surface area contributed by atoms with Crippen LogP contribution in [0.15, 0.2) is 24.3 Å². The Bertz CT molecular complexity index is 1830. The highest BCUT2D eigenvalue weighted by Gasteiger charge is 2.30. The summed E-state index contributed by atoms with van der Waals surface area (Å²) in [5.41, 5.74) is 0. The first-order valence-electron chi connectivity index (χ1n) is 36.5. The molecule has 0 aromatic carbocycles. The summed E-state index contributed by atoms with van der Waals surface area (Å²) in [5, 5.41) is 10.6. The number of esters is 4. The van der Waals surface area contributed by atoms with Gasteiger partial charge in [-0.25, -0.2) is 9.13 Å². The molecule has 0 spiro atoms. The van der Waals surface area contributed by atoms with Crippen molar-refractivity contribution in [3.8, 4) is 0 Å². The van der Waals surface area contributed by atoms with Gasteiger partial charge in [0.1, 0.15) is 19.3 Å². The molecule has 0 saturated heterocycles. The number of aliphatic hydroxyl groups excluding tert-OH is 1. The summed E-state index contributed by atoms with van der Waals surface area (Å²) in [5.74, 6) is -1.44. The van der Waals surface area contributed by atoms with E-state index in [9.17, 15) is 43.2 Å². The lowest BCUT2D eigenvalue weighted by atomic mass is 10.0. The van der Waals surface area contributed by atoms with Gasteiger partial charge in [-0.2, -0.15) is 0 Å². The van der Waals surface area contributed by atoms with Crippen molar-refractivity contribution < 1.29 is 80.2 Å². The molecule has 0 aliphatic heterocycles. The molecular formula is C71H134O17P2. The summed E-state index contributed by atoms with van der Waals surface area (Å²) in [4.78, 5) is 72.4. The van der Waals surface area contributed by atoms with Crippen molar-refractivity contribution in [2.45, 2.75) is 361 Å². The summed E-state index contributed by atoms with van der Waals surface area (Å²) in [7, 11) is -9.91. The van der Waals surface area contributed by atoms with Crippen molar-refractivity contribution in [1.82, 2.24) is 0 Å². The highest BCUT2D eigenvalue weighted by atomic mass is 31.2. The normalized spacial score (nSPS) is 14.2. The van der Waals surface area contributed by atoms with E-state index in [0.717, 1.165) is 128 Å². The smallest absolute Gasteiger partial charge is 0.462 e. The van der Waals surface area contributed by atoms with Crippen LogP contribution in [-0.2, 0) is 65.4 Å². The van der Waals surface area contributed by atoms with Crippen molar-refractivity contribution in [1.29, 1.82) is 0 Å². The lowest BCUT2D eigenvalue weighted by Crippen LogP contribution is -2.30. The van der Waals surface area contributed by atoms with Crippen LogP contribution in [0.25, 0.3) is 0 Å². The van der Waals surface area contributed by atoms with Crippen molar-refractivity contribution >= 4 is 39.5 Å². The van der Waals surface area contributed by atoms with Gasteiger partial charge in [-0.1, -0.05) is 290 Å². The molecule has 0 aromatic rings. The molecule has 0 saturated carbocycles. The molecule has 0 radical (unpaired) electrons. The van der Waals surface area contributed by atoms with Crippen LogP contribution in [0, 0.1) is 5.92 Å². The number of phosphoric acid groups is 2. The highest BCUT2D eigenvalue weighted by Crippen LogP contribution is 2.45. The Balaban J connectivity index is 5.24. The molecule has 530 valence electrons. The fourth-order valence-electron chi connectivity index (χ4n) is 10.3. The van der Waals surface area contributed by atoms with Crippen LogP contribution in [0.4, 0.5) is 0 Å². The zero-order valence-electron chi connectivity index (χ0n) is 57.8. The standard InChI is InChI=1S/C71H134O17P2/c1-6-9-12-15-18-20-22-24-26-27-29-31-33-35-41-46-51-56-70(75)87-67(61-82-69(74)55-50-45-40-34-32-30-28-25-23-21-19-16-13-10-7-2)63-86-90(79,80)84-59-65(72)58-83-89(77,78)85-62-66(60-81-68(73)54-49-44-38-17-14-11-8-3)88-71(76)57-52-47-42-37-36-39-43-48-53-64(4)5/h21,23,25,28,64-67,72H,6-20,22,24,26-27,29-63H2,1-5H3,(H,77,78)(H,79,80)/b23-21-,28-25-/t65-,66+,67+/m0/s1. The molecule has 0 rings (SSSR count). The van der Waals surface area contributed by atoms with Gasteiger partial charge in [-0.15, -0.1) is 0 Å². The van der Waals surface area contributed by atoms with Crippen LogP contribution in [0.3, 0.4) is 0 Å². The molecule has 3 N–H and O–H groups in total. The fraction of sp³-hybridized carbons (Fsp3) is 0.887. The molecule has 5 atom stereocenters. The second-order valence-corrected chi connectivity index (χ2v) is 28.3. The second-order valence-electron chi connectivity index (χ2n) is 25.4. The van der Waals surface area contributed by atoms with Gasteiger partial charge in [0.2, 0.25) is 0 Å². The molecule has 0 fully saturated rings. The maximum atomic E-state index is 13.0. The molecule has 0 aliphatic carbocycles. The number of hydrogen-bond acceptors (Lipinski definition) is 15. The Labute approximate surface area is 548 Å². The Morgan fingerprint density at radius 3 is 0.911 bits per heavy atom. The van der Waals surface area contributed by atoms with E-state index in [1.165, 1.54) is 135 Å². The first-order chi connectivity index (χ1) is 43.5. The Morgan fingerprint density at radius 2 is 0.600 bits per heavy atom. The third-order valence-electron chi connectivity index (χ3n) is 15.9. The third-order valence-corrected chi connectivity index (χ3v) is 17.8. The summed E-state index contributed by atoms with van der Waals surface area (Å²) >= 11 is 0. The number of allylic oxidation sites excluding steroid dienone is 4. The Morgan fingerprint density at radius 1 is 0.344 bits per heavy atom. The van der Waals surface area contributed by atoms with E-state index >= 15 is 0 Å². The molecule has 19 heteroatoms. The van der Waals surface area contributed by atoms with E-state index in [1.54, 1.807) is 0 Å². The predicted octanol–water partition coefficient (Wildman–Crippen LogP) is 20.1. The number of ether oxygens (including phenoxy) is 4. The number of phosphoric ester groups is 2. The largest absolute Gasteiger partial charge is 0.472 e. The maximum Gasteiger partial charge on any atom is 0.472 e. The molecule has 2 unspecified atom stereocenters. The topological polar surface area (TPSA) is 237 Å². The number of carbonyl (C=O) groups excluding carboxylic acids is 4. The summed E-state index contributed by atoms with van der Waals surface area (Å²) in [6.07, 6.45) is 53.7. The van der Waals surface area contributed by atoms with Crippen molar-refractivity contribution in [2.75, 3.05) is 39.6 Å². The van der Waals surface area contributed by atoms with E-state index < -0.39 is 97.5 Å². The van der Waals surface area contributed by atoms with E-state index in [2.05, 4.69) is 58.9 Å². The molecule has 90 heavy (non-hydrogen) atoms. The van der Waals surface area contributed by atoms with Gasteiger partial charge in [-0.3, -0.25) is 37.3 Å². The van der Waals surface area contributed by atoms with Gasteiger partial charge in [0.15, 0.2) is 12.2 Å². The van der Waals surface area contributed by atoms with E-state index in [-0.39, 0.29) is 25.7 Å². The van der Waals surface area contributed by atoms with Gasteiger partial charge in [0, 0.05) is 25.7 Å². The zero-order chi connectivity index (χ0) is 66.3. The average molecular weight is 1320 g/mol. The molecule has 0 aromatic heterocycles. The number of rotatable bonds is 69. The molecular weight excluding hydrogens is 1190 g/mol. The lowest BCUT2D eigenvalue weighted by molar-refractivity contribution is -0.161. The van der Waals surface area contributed by atoms with Gasteiger partial charge in [0.25, 0.3) is 0 Å². The maximum absolute atomic E-state index is 13.0. The number of hydrogen-bond donors (Lipinski definition) is 3. The highest BCUT2D eigenvalue weighted by molar-refractivity contribution is 7.47. The molecule has 17 nitrogen and oxygen atoms in total. The van der Waals surface area contributed by atoms with Crippen LogP contribution >= 0.6 is 15.6 Å². The van der Waals surface area contributed by atoms with Crippen LogP contribution in [-0.4, -0.2) is 96.7 Å². The minimum absolute atomic E-state index is 0.101. The SMILES string of the molecule is CCCCCC/C=C\C=C/CCCCCCCC(=O)OC[C@H](COP(=O)(O)OC[C@@H](O)COP(=O)(O)OC[C@@H](COC(=O)CCCCCCCCC)OC(=O)CCCCCCCCCCC(C)C)OC(=O)CCCCCCCCCCCCCCCCCCC. The van der Waals surface area contributed by atoms with E-state index in [1.807, 2.05) is 0 Å². The average Bonchev–Trinajstić information content (AvgIpc) is 3.72. The van der Waals surface area contributed by atoms with Gasteiger partial charge in [0.05, 0.1) is 26.4 Å². The predicted molar refractivity (Wildman–Crippen MR) is 363 cm³/mol. The second kappa shape index (κ2) is 63.9. The number of aliphatic hydroxyl groups is 1. The zero-order valence-corrected chi connectivity index (χ0v) is 59.5. The number of carbonyl (C=O) groups is 4. The summed E-state index contributed by atoms with van der Waals surface area (Å²) in [6, 6.07) is 0. The van der Waals surface area contributed by atoms with Crippen molar-refractivity contribution in [2.24, 2.45) is 5.92 Å². The minimum Gasteiger partial charge on any atom is -0.462 e. The molecule has 0 bridgehead atoms. The van der Waals surface area contributed by atoms with Gasteiger partial charge in [-0.05, 0) is 57.3 Å². The monoisotopic (exact) mass is 1320 g/mol. The summed E-state index contributed by atoms with van der Waals surface area (Å²) in [6.45, 7) is 7.10. The van der Waals surface area contributed by atoms with Gasteiger partial charge < -0.3 is 33.8 Å². The van der Waals surface area contributed by atoms with Crippen LogP contribution in [0.2, 0.25) is 0 Å². The molecule has 0 heterocycles. The minimum atomic E-state index is -4.96. The first kappa shape index (κ1) is 87.5. The first-order valence-corrected chi connectivity index (χ1v) is 39.4. The molecule has 0 aliphatic rings. The quantitative estimate of drug-likeness (QED) is 0.0169.